The maximum Gasteiger partial charge on any atom is 0.416 e. The first-order valence-corrected chi connectivity index (χ1v) is 9.03. The Morgan fingerprint density at radius 3 is 2.55 bits per heavy atom. The van der Waals surface area contributed by atoms with Gasteiger partial charge in [-0.2, -0.15) is 13.2 Å². The fraction of sp³-hybridized carbons (Fsp3) is 0.400. The maximum absolute atomic E-state index is 12.9. The van der Waals surface area contributed by atoms with Crippen LogP contribution in [-0.4, -0.2) is 37.4 Å². The number of amides is 1. The van der Waals surface area contributed by atoms with E-state index in [0.29, 0.717) is 17.3 Å². The van der Waals surface area contributed by atoms with Crippen LogP contribution in [0.4, 0.5) is 13.2 Å². The van der Waals surface area contributed by atoms with Crippen LogP contribution in [0.25, 0.3) is 0 Å². The van der Waals surface area contributed by atoms with Gasteiger partial charge in [-0.1, -0.05) is 12.1 Å². The number of guanidine groups is 1. The molecule has 0 spiro atoms. The minimum Gasteiger partial charge on any atom is -0.464 e. The molecule has 158 valence electrons. The summed E-state index contributed by atoms with van der Waals surface area (Å²) in [6.45, 7) is 3.69. The van der Waals surface area contributed by atoms with Crippen LogP contribution in [0.15, 0.2) is 45.8 Å². The molecule has 2 rings (SSSR count). The molecule has 1 atom stereocenters. The molecular weight excluding hydrogens is 385 g/mol. The Labute approximate surface area is 167 Å². The lowest BCUT2D eigenvalue weighted by atomic mass is 10.1. The number of likely N-dealkylation sites (N-methyl/N-ethyl adjacent to an activating group) is 1. The van der Waals surface area contributed by atoms with E-state index in [0.717, 1.165) is 17.9 Å². The fourth-order valence-corrected chi connectivity index (χ4v) is 2.45. The van der Waals surface area contributed by atoms with Gasteiger partial charge in [-0.3, -0.25) is 4.79 Å². The van der Waals surface area contributed by atoms with Crippen molar-refractivity contribution >= 4 is 11.9 Å². The van der Waals surface area contributed by atoms with Gasteiger partial charge in [0.05, 0.1) is 24.7 Å². The lowest BCUT2D eigenvalue weighted by molar-refractivity contribution is -0.137. The molecule has 6 nitrogen and oxygen atoms in total. The van der Waals surface area contributed by atoms with Crippen molar-refractivity contribution in [2.75, 3.05) is 20.6 Å². The SMILES string of the molecule is Cc1ccc(C(C)NC(=NCc2cccc(C(F)(F)F)c2)NCC(=O)N(C)C)o1. The molecule has 0 aliphatic rings. The molecule has 0 aliphatic heterocycles. The second kappa shape index (κ2) is 9.49. The van der Waals surface area contributed by atoms with E-state index >= 15 is 0 Å². The summed E-state index contributed by atoms with van der Waals surface area (Å²) in [6, 6.07) is 8.38. The van der Waals surface area contributed by atoms with Crippen LogP contribution in [0, 0.1) is 6.92 Å². The summed E-state index contributed by atoms with van der Waals surface area (Å²) >= 11 is 0. The lowest BCUT2D eigenvalue weighted by Crippen LogP contribution is -2.43. The number of carbonyl (C=O) groups excluding carboxylic acids is 1. The molecule has 1 aromatic carbocycles. The van der Waals surface area contributed by atoms with E-state index in [-0.39, 0.29) is 25.0 Å². The number of halogens is 3. The number of alkyl halides is 3. The molecule has 0 bridgehead atoms. The van der Waals surface area contributed by atoms with Crippen molar-refractivity contribution in [1.82, 2.24) is 15.5 Å². The molecule has 1 aromatic heterocycles. The average Bonchev–Trinajstić information content (AvgIpc) is 3.09. The molecule has 29 heavy (non-hydrogen) atoms. The molecule has 2 N–H and O–H groups in total. The molecule has 0 aliphatic carbocycles. The summed E-state index contributed by atoms with van der Waals surface area (Å²) in [5.41, 5.74) is -0.323. The van der Waals surface area contributed by atoms with E-state index in [9.17, 15) is 18.0 Å². The third-order valence-corrected chi connectivity index (χ3v) is 4.12. The highest BCUT2D eigenvalue weighted by atomic mass is 19.4. The van der Waals surface area contributed by atoms with Gasteiger partial charge < -0.3 is 20.0 Å². The quantitative estimate of drug-likeness (QED) is 0.565. The maximum atomic E-state index is 12.9. The topological polar surface area (TPSA) is 69.9 Å². The second-order valence-electron chi connectivity index (χ2n) is 6.82. The van der Waals surface area contributed by atoms with Crippen molar-refractivity contribution in [2.45, 2.75) is 32.6 Å². The first kappa shape index (κ1) is 22.3. The number of carbonyl (C=O) groups is 1. The van der Waals surface area contributed by atoms with Crippen molar-refractivity contribution < 1.29 is 22.4 Å². The van der Waals surface area contributed by atoms with Gasteiger partial charge >= 0.3 is 6.18 Å². The van der Waals surface area contributed by atoms with Crippen LogP contribution >= 0.6 is 0 Å². The molecule has 2 aromatic rings. The standard InChI is InChI=1S/C20H25F3N4O2/c1-13-8-9-17(29-13)14(2)26-19(25-12-18(28)27(3)4)24-11-15-6-5-7-16(10-15)20(21,22)23/h5-10,14H,11-12H2,1-4H3,(H2,24,25,26). The third-order valence-electron chi connectivity index (χ3n) is 4.12. The van der Waals surface area contributed by atoms with Crippen LogP contribution in [0.2, 0.25) is 0 Å². The van der Waals surface area contributed by atoms with Crippen LogP contribution in [0.3, 0.4) is 0 Å². The Hall–Kier alpha value is -2.97. The van der Waals surface area contributed by atoms with E-state index < -0.39 is 11.7 Å². The molecule has 9 heteroatoms. The summed E-state index contributed by atoms with van der Waals surface area (Å²) in [4.78, 5) is 17.6. The number of nitrogens with zero attached hydrogens (tertiary/aromatic N) is 2. The van der Waals surface area contributed by atoms with Crippen LogP contribution in [0.1, 0.15) is 35.6 Å². The molecule has 1 amide bonds. The van der Waals surface area contributed by atoms with Gasteiger partial charge in [0.25, 0.3) is 0 Å². The van der Waals surface area contributed by atoms with Gasteiger partial charge in [0, 0.05) is 14.1 Å². The summed E-state index contributed by atoms with van der Waals surface area (Å²) in [7, 11) is 3.26. The molecular formula is C20H25F3N4O2. The van der Waals surface area contributed by atoms with Crippen molar-refractivity contribution in [2.24, 2.45) is 4.99 Å². The van der Waals surface area contributed by atoms with Crippen molar-refractivity contribution in [3.05, 3.63) is 59.0 Å². The number of hydrogen-bond acceptors (Lipinski definition) is 3. The number of rotatable bonds is 6. The van der Waals surface area contributed by atoms with Gasteiger partial charge in [-0.15, -0.1) is 0 Å². The Kier molecular flexibility index (Phi) is 7.30. The van der Waals surface area contributed by atoms with Gasteiger partial charge in [0.15, 0.2) is 5.96 Å². The first-order chi connectivity index (χ1) is 13.6. The number of furan rings is 1. The van der Waals surface area contributed by atoms with E-state index in [1.807, 2.05) is 26.0 Å². The largest absolute Gasteiger partial charge is 0.464 e. The lowest BCUT2D eigenvalue weighted by Gasteiger charge is -2.18. The highest BCUT2D eigenvalue weighted by Crippen LogP contribution is 2.29. The van der Waals surface area contributed by atoms with Crippen LogP contribution in [0.5, 0.6) is 0 Å². The van der Waals surface area contributed by atoms with Gasteiger partial charge in [-0.05, 0) is 43.7 Å². The van der Waals surface area contributed by atoms with E-state index in [4.69, 9.17) is 4.42 Å². The molecule has 0 saturated carbocycles. The van der Waals surface area contributed by atoms with E-state index in [2.05, 4.69) is 15.6 Å². The van der Waals surface area contributed by atoms with Gasteiger partial charge in [0.1, 0.15) is 11.5 Å². The number of aliphatic imine (C=N–C) groups is 1. The summed E-state index contributed by atoms with van der Waals surface area (Å²) < 4.78 is 44.3. The Morgan fingerprint density at radius 2 is 1.97 bits per heavy atom. The molecule has 0 fully saturated rings. The smallest absolute Gasteiger partial charge is 0.416 e. The molecule has 0 radical (unpaired) electrons. The normalized spacial score (nSPS) is 13.1. The minimum atomic E-state index is -4.41. The Balaban J connectivity index is 2.16. The highest BCUT2D eigenvalue weighted by molar-refractivity contribution is 5.86. The zero-order chi connectivity index (χ0) is 21.6. The number of aryl methyl sites for hydroxylation is 1. The molecule has 1 heterocycles. The fourth-order valence-electron chi connectivity index (χ4n) is 2.45. The zero-order valence-corrected chi connectivity index (χ0v) is 16.8. The van der Waals surface area contributed by atoms with Crippen molar-refractivity contribution in [3.8, 4) is 0 Å². The Morgan fingerprint density at radius 1 is 1.24 bits per heavy atom. The second-order valence-corrected chi connectivity index (χ2v) is 6.82. The predicted octanol–water partition coefficient (Wildman–Crippen LogP) is 3.49. The van der Waals surface area contributed by atoms with E-state index in [1.165, 1.54) is 11.0 Å². The van der Waals surface area contributed by atoms with E-state index in [1.54, 1.807) is 20.2 Å². The van der Waals surface area contributed by atoms with Gasteiger partial charge in [0.2, 0.25) is 5.91 Å². The van der Waals surface area contributed by atoms with Crippen molar-refractivity contribution in [3.63, 3.8) is 0 Å². The first-order valence-electron chi connectivity index (χ1n) is 9.03. The number of benzene rings is 1. The third kappa shape index (κ3) is 6.85. The predicted molar refractivity (Wildman–Crippen MR) is 104 cm³/mol. The highest BCUT2D eigenvalue weighted by Gasteiger charge is 2.30. The number of nitrogens with one attached hydrogen (secondary N) is 2. The Bertz CT molecular complexity index is 859. The van der Waals surface area contributed by atoms with Crippen molar-refractivity contribution in [1.29, 1.82) is 0 Å². The monoisotopic (exact) mass is 410 g/mol. The average molecular weight is 410 g/mol. The molecule has 1 unspecified atom stereocenters. The minimum absolute atomic E-state index is 0.00860. The molecule has 0 saturated heterocycles. The van der Waals surface area contributed by atoms with Crippen LogP contribution in [-0.2, 0) is 17.5 Å². The summed E-state index contributed by atoms with van der Waals surface area (Å²) in [5, 5.41) is 6.02. The summed E-state index contributed by atoms with van der Waals surface area (Å²) in [6.07, 6.45) is -4.41. The van der Waals surface area contributed by atoms with Crippen LogP contribution < -0.4 is 10.6 Å². The summed E-state index contributed by atoms with van der Waals surface area (Å²) in [5.74, 6) is 1.56. The number of hydrogen-bond donors (Lipinski definition) is 2. The van der Waals surface area contributed by atoms with Gasteiger partial charge in [-0.25, -0.2) is 4.99 Å². The zero-order valence-electron chi connectivity index (χ0n) is 16.8.